The summed E-state index contributed by atoms with van der Waals surface area (Å²) in [5.41, 5.74) is 0. The van der Waals surface area contributed by atoms with Crippen LogP contribution in [0.1, 0.15) is 11.8 Å². The van der Waals surface area contributed by atoms with Gasteiger partial charge in [-0.1, -0.05) is 18.2 Å². The second-order valence-corrected chi connectivity index (χ2v) is 6.81. The molecule has 1 aliphatic rings. The van der Waals surface area contributed by atoms with Gasteiger partial charge in [0.05, 0.1) is 12.3 Å². The Hall–Kier alpha value is -1.92. The summed E-state index contributed by atoms with van der Waals surface area (Å²) in [4.78, 5) is 14.5. The molecule has 1 aromatic carbocycles. The van der Waals surface area contributed by atoms with E-state index in [9.17, 15) is 4.79 Å². The number of benzene rings is 1. The number of rotatable bonds is 7. The molecule has 2 heterocycles. The van der Waals surface area contributed by atoms with Crippen LogP contribution in [0.3, 0.4) is 0 Å². The van der Waals surface area contributed by atoms with Crippen molar-refractivity contribution >= 4 is 17.7 Å². The summed E-state index contributed by atoms with van der Waals surface area (Å²) >= 11 is 1.96. The van der Waals surface area contributed by atoms with E-state index in [-0.39, 0.29) is 18.6 Å². The van der Waals surface area contributed by atoms with Gasteiger partial charge >= 0.3 is 0 Å². The van der Waals surface area contributed by atoms with Gasteiger partial charge in [-0.05, 0) is 24.3 Å². The number of carbonyl (C=O) groups excluding carboxylic acids is 1. The van der Waals surface area contributed by atoms with Gasteiger partial charge in [-0.15, -0.1) is 0 Å². The number of amides is 1. The number of carbonyl (C=O) groups is 1. The lowest BCUT2D eigenvalue weighted by molar-refractivity contribution is -0.123. The quantitative estimate of drug-likeness (QED) is 0.835. The fourth-order valence-electron chi connectivity index (χ4n) is 2.71. The molecule has 0 unspecified atom stereocenters. The molecule has 0 saturated carbocycles. The minimum atomic E-state index is -0.123. The minimum Gasteiger partial charge on any atom is -0.484 e. The third-order valence-corrected chi connectivity index (χ3v) is 4.91. The Bertz CT molecular complexity index is 612. The second-order valence-electron chi connectivity index (χ2n) is 5.59. The van der Waals surface area contributed by atoms with Gasteiger partial charge in [0, 0.05) is 31.1 Å². The molecule has 1 saturated heterocycles. The second kappa shape index (κ2) is 8.80. The van der Waals surface area contributed by atoms with Gasteiger partial charge in [-0.2, -0.15) is 11.8 Å². The molecule has 1 N–H and O–H groups in total. The zero-order chi connectivity index (χ0) is 16.6. The van der Waals surface area contributed by atoms with Gasteiger partial charge in [0.15, 0.2) is 6.61 Å². The van der Waals surface area contributed by atoms with Crippen LogP contribution >= 0.6 is 11.8 Å². The van der Waals surface area contributed by atoms with Crippen molar-refractivity contribution in [1.82, 2.24) is 10.2 Å². The van der Waals surface area contributed by atoms with E-state index in [1.165, 1.54) is 0 Å². The van der Waals surface area contributed by atoms with Crippen LogP contribution in [0.2, 0.25) is 0 Å². The van der Waals surface area contributed by atoms with Crippen molar-refractivity contribution in [1.29, 1.82) is 0 Å². The number of ether oxygens (including phenoxy) is 1. The van der Waals surface area contributed by atoms with Gasteiger partial charge in [0.2, 0.25) is 0 Å². The highest BCUT2D eigenvalue weighted by Gasteiger charge is 2.25. The van der Waals surface area contributed by atoms with Crippen molar-refractivity contribution in [2.45, 2.75) is 6.04 Å². The molecule has 0 spiro atoms. The lowest BCUT2D eigenvalue weighted by Crippen LogP contribution is -2.42. The van der Waals surface area contributed by atoms with Crippen molar-refractivity contribution in [3.05, 3.63) is 54.5 Å². The Kier molecular flexibility index (Phi) is 6.20. The monoisotopic (exact) mass is 346 g/mol. The molecule has 1 aromatic heterocycles. The van der Waals surface area contributed by atoms with E-state index in [1.54, 1.807) is 6.26 Å². The first-order chi connectivity index (χ1) is 11.8. The molecule has 0 aliphatic carbocycles. The lowest BCUT2D eigenvalue weighted by Gasteiger charge is -2.33. The first kappa shape index (κ1) is 16.9. The first-order valence-electron chi connectivity index (χ1n) is 8.12. The molecular formula is C18H22N2O3S. The third kappa shape index (κ3) is 4.79. The molecule has 3 rings (SSSR count). The van der Waals surface area contributed by atoms with Crippen LogP contribution in [0.5, 0.6) is 5.75 Å². The summed E-state index contributed by atoms with van der Waals surface area (Å²) in [6, 6.07) is 13.3. The molecule has 1 aliphatic heterocycles. The fraction of sp³-hybridized carbons (Fsp3) is 0.389. The fourth-order valence-corrected chi connectivity index (χ4v) is 3.64. The minimum absolute atomic E-state index is 0.0186. The highest BCUT2D eigenvalue weighted by atomic mass is 32.2. The van der Waals surface area contributed by atoms with Gasteiger partial charge < -0.3 is 14.5 Å². The summed E-state index contributed by atoms with van der Waals surface area (Å²) in [6.45, 7) is 2.55. The summed E-state index contributed by atoms with van der Waals surface area (Å²) in [5.74, 6) is 3.70. The number of hydrogen-bond acceptors (Lipinski definition) is 5. The number of nitrogens with zero attached hydrogens (tertiary/aromatic N) is 1. The van der Waals surface area contributed by atoms with Crippen molar-refractivity contribution in [2.24, 2.45) is 0 Å². The summed E-state index contributed by atoms with van der Waals surface area (Å²) in [7, 11) is 0. The van der Waals surface area contributed by atoms with Gasteiger partial charge in [0.1, 0.15) is 11.5 Å². The van der Waals surface area contributed by atoms with Crippen molar-refractivity contribution < 1.29 is 13.9 Å². The molecule has 0 radical (unpaired) electrons. The SMILES string of the molecule is O=C(COc1ccccc1)NC[C@@H](c1ccco1)N1CCSCC1. The third-order valence-electron chi connectivity index (χ3n) is 3.96. The zero-order valence-electron chi connectivity index (χ0n) is 13.5. The molecule has 0 bridgehead atoms. The maximum Gasteiger partial charge on any atom is 0.258 e. The van der Waals surface area contributed by atoms with Crippen molar-refractivity contribution in [3.63, 3.8) is 0 Å². The van der Waals surface area contributed by atoms with Crippen LogP contribution in [-0.4, -0.2) is 48.6 Å². The van der Waals surface area contributed by atoms with E-state index in [1.807, 2.05) is 54.2 Å². The van der Waals surface area contributed by atoms with E-state index in [0.29, 0.717) is 12.3 Å². The number of hydrogen-bond donors (Lipinski definition) is 1. The number of para-hydroxylation sites is 1. The molecule has 2 aromatic rings. The summed E-state index contributed by atoms with van der Waals surface area (Å²) in [5, 5.41) is 2.97. The number of thioether (sulfide) groups is 1. The molecule has 128 valence electrons. The van der Waals surface area contributed by atoms with Gasteiger partial charge in [-0.3, -0.25) is 9.69 Å². The maximum atomic E-state index is 12.1. The molecule has 1 atom stereocenters. The van der Waals surface area contributed by atoms with Crippen molar-refractivity contribution in [2.75, 3.05) is 37.7 Å². The lowest BCUT2D eigenvalue weighted by atomic mass is 10.2. The van der Waals surface area contributed by atoms with Crippen LogP contribution in [0.15, 0.2) is 53.1 Å². The van der Waals surface area contributed by atoms with Crippen LogP contribution in [0, 0.1) is 0 Å². The molecular weight excluding hydrogens is 324 g/mol. The molecule has 5 nitrogen and oxygen atoms in total. The van der Waals surface area contributed by atoms with Crippen molar-refractivity contribution in [3.8, 4) is 5.75 Å². The maximum absolute atomic E-state index is 12.1. The highest BCUT2D eigenvalue weighted by molar-refractivity contribution is 7.99. The normalized spacial score (nSPS) is 16.5. The highest BCUT2D eigenvalue weighted by Crippen LogP contribution is 2.24. The van der Waals surface area contributed by atoms with E-state index in [4.69, 9.17) is 9.15 Å². The van der Waals surface area contributed by atoms with Crippen LogP contribution < -0.4 is 10.1 Å². The van der Waals surface area contributed by atoms with E-state index in [2.05, 4.69) is 10.2 Å². The summed E-state index contributed by atoms with van der Waals surface area (Å²) in [6.07, 6.45) is 1.68. The van der Waals surface area contributed by atoms with E-state index in [0.717, 1.165) is 30.4 Å². The topological polar surface area (TPSA) is 54.7 Å². The molecule has 6 heteroatoms. The first-order valence-corrected chi connectivity index (χ1v) is 9.28. The smallest absolute Gasteiger partial charge is 0.258 e. The Morgan fingerprint density at radius 1 is 1.21 bits per heavy atom. The van der Waals surface area contributed by atoms with Crippen LogP contribution in [0.4, 0.5) is 0 Å². The average Bonchev–Trinajstić information content (AvgIpc) is 3.16. The Morgan fingerprint density at radius 2 is 2.00 bits per heavy atom. The molecule has 1 fully saturated rings. The molecule has 24 heavy (non-hydrogen) atoms. The number of nitrogens with one attached hydrogen (secondary N) is 1. The molecule has 1 amide bonds. The standard InChI is InChI=1S/C18H22N2O3S/c21-18(14-23-15-5-2-1-3-6-15)19-13-16(17-7-4-10-22-17)20-8-11-24-12-9-20/h1-7,10,16H,8-9,11-14H2,(H,19,21)/t16-/m0/s1. The van der Waals surface area contributed by atoms with Gasteiger partial charge in [-0.25, -0.2) is 0 Å². The average molecular weight is 346 g/mol. The van der Waals surface area contributed by atoms with Crippen LogP contribution in [0.25, 0.3) is 0 Å². The Balaban J connectivity index is 1.52. The predicted octanol–water partition coefficient (Wildman–Crippen LogP) is 2.56. The predicted molar refractivity (Wildman–Crippen MR) is 95.3 cm³/mol. The summed E-state index contributed by atoms with van der Waals surface area (Å²) < 4.78 is 11.1. The Labute approximate surface area is 146 Å². The Morgan fingerprint density at radius 3 is 2.71 bits per heavy atom. The van der Waals surface area contributed by atoms with Gasteiger partial charge in [0.25, 0.3) is 5.91 Å². The van der Waals surface area contributed by atoms with E-state index >= 15 is 0 Å². The van der Waals surface area contributed by atoms with E-state index < -0.39 is 0 Å². The largest absolute Gasteiger partial charge is 0.484 e. The number of furan rings is 1. The van der Waals surface area contributed by atoms with Crippen LogP contribution in [-0.2, 0) is 4.79 Å². The zero-order valence-corrected chi connectivity index (χ0v) is 14.3.